The number of hydrogen-bond donors (Lipinski definition) is 3. The lowest BCUT2D eigenvalue weighted by molar-refractivity contribution is 0.0509. The van der Waals surface area contributed by atoms with Crippen molar-refractivity contribution in [1.82, 2.24) is 33.8 Å². The van der Waals surface area contributed by atoms with Crippen molar-refractivity contribution in [2.45, 2.75) is 49.8 Å². The first-order valence-corrected chi connectivity index (χ1v) is 15.1. The molecule has 2 atom stereocenters. The molecule has 39 heavy (non-hydrogen) atoms. The van der Waals surface area contributed by atoms with Gasteiger partial charge in [-0.1, -0.05) is 11.6 Å². The topological polar surface area (TPSA) is 157 Å². The van der Waals surface area contributed by atoms with Gasteiger partial charge in [-0.25, -0.2) is 13.4 Å². The summed E-state index contributed by atoms with van der Waals surface area (Å²) in [7, 11) is -3.89. The highest BCUT2D eigenvalue weighted by Gasteiger charge is 2.39. The van der Waals surface area contributed by atoms with Gasteiger partial charge in [0.25, 0.3) is 15.9 Å². The van der Waals surface area contributed by atoms with E-state index in [9.17, 15) is 18.0 Å². The van der Waals surface area contributed by atoms with Crippen LogP contribution in [0.1, 0.15) is 41.3 Å². The van der Waals surface area contributed by atoms with Gasteiger partial charge in [-0.3, -0.25) is 14.6 Å². The van der Waals surface area contributed by atoms with Crippen LogP contribution in [0.3, 0.4) is 0 Å². The van der Waals surface area contributed by atoms with Gasteiger partial charge in [0.1, 0.15) is 16.6 Å². The molecule has 1 amide bonds. The molecular formula is C24H26ClN7O5S2. The number of amides is 1. The van der Waals surface area contributed by atoms with E-state index in [1.54, 1.807) is 29.2 Å². The molecule has 3 aromatic heterocycles. The quantitative estimate of drug-likeness (QED) is 0.308. The zero-order valence-corrected chi connectivity index (χ0v) is 23.3. The molecule has 1 aromatic carbocycles. The van der Waals surface area contributed by atoms with Crippen molar-refractivity contribution in [2.75, 3.05) is 19.6 Å². The molecule has 2 aliphatic rings. The van der Waals surface area contributed by atoms with Crippen molar-refractivity contribution in [3.05, 3.63) is 62.1 Å². The summed E-state index contributed by atoms with van der Waals surface area (Å²) in [6.07, 6.45) is 1.42. The van der Waals surface area contributed by atoms with Crippen LogP contribution in [0.4, 0.5) is 0 Å². The van der Waals surface area contributed by atoms with Crippen LogP contribution in [0.25, 0.3) is 10.9 Å². The molecule has 4 aromatic rings. The fourth-order valence-corrected chi connectivity index (χ4v) is 7.27. The van der Waals surface area contributed by atoms with Gasteiger partial charge in [-0.2, -0.15) is 8.68 Å². The summed E-state index contributed by atoms with van der Waals surface area (Å²) in [4.78, 5) is 36.6. The number of hydrogen-bond acceptors (Lipinski definition) is 9. The third-order valence-electron chi connectivity index (χ3n) is 7.15. The normalized spacial score (nSPS) is 20.4. The maximum Gasteiger partial charge on any atom is 0.323 e. The van der Waals surface area contributed by atoms with Crippen LogP contribution in [-0.4, -0.2) is 74.6 Å². The summed E-state index contributed by atoms with van der Waals surface area (Å²) in [5, 5.41) is 4.55. The third-order valence-corrected chi connectivity index (χ3v) is 9.76. The smallest absolute Gasteiger partial charge is 0.323 e. The van der Waals surface area contributed by atoms with Crippen molar-refractivity contribution >= 4 is 50.0 Å². The number of fused-ring (bicyclic) bond motifs is 2. The number of benzene rings is 1. The molecule has 2 aliphatic heterocycles. The molecule has 0 saturated carbocycles. The van der Waals surface area contributed by atoms with E-state index in [4.69, 9.17) is 16.0 Å². The van der Waals surface area contributed by atoms with Gasteiger partial charge in [-0.05, 0) is 37.6 Å². The molecule has 0 radical (unpaired) electrons. The molecule has 5 heterocycles. The van der Waals surface area contributed by atoms with Crippen LogP contribution < -0.4 is 10.2 Å². The first-order chi connectivity index (χ1) is 18.7. The van der Waals surface area contributed by atoms with Gasteiger partial charge in [0, 0.05) is 72.0 Å². The third kappa shape index (κ3) is 5.14. The second-order valence-electron chi connectivity index (χ2n) is 9.84. The van der Waals surface area contributed by atoms with Gasteiger partial charge < -0.3 is 19.6 Å². The monoisotopic (exact) mass is 591 g/mol. The minimum absolute atomic E-state index is 0.00627. The highest BCUT2D eigenvalue weighted by Crippen LogP contribution is 2.28. The van der Waals surface area contributed by atoms with Crippen molar-refractivity contribution < 1.29 is 17.6 Å². The lowest BCUT2D eigenvalue weighted by Gasteiger charge is -2.40. The van der Waals surface area contributed by atoms with E-state index < -0.39 is 16.1 Å². The number of aryl methyl sites for hydroxylation is 1. The number of piperazine rings is 1. The fraction of sp³-hybridized carbons (Fsp3) is 0.417. The van der Waals surface area contributed by atoms with Crippen LogP contribution >= 0.6 is 23.1 Å². The minimum atomic E-state index is -3.89. The van der Waals surface area contributed by atoms with E-state index in [1.807, 2.05) is 6.92 Å². The Labute approximate surface area is 232 Å². The Morgan fingerprint density at radius 1 is 1.26 bits per heavy atom. The number of aromatic amines is 2. The Hall–Kier alpha value is -3.04. The lowest BCUT2D eigenvalue weighted by atomic mass is 10.1. The Morgan fingerprint density at radius 3 is 2.90 bits per heavy atom. The van der Waals surface area contributed by atoms with Gasteiger partial charge >= 0.3 is 10.8 Å². The van der Waals surface area contributed by atoms with Crippen molar-refractivity contribution in [3.8, 4) is 0 Å². The average molecular weight is 592 g/mol. The molecule has 1 fully saturated rings. The summed E-state index contributed by atoms with van der Waals surface area (Å²) in [6, 6.07) is 6.43. The van der Waals surface area contributed by atoms with E-state index in [2.05, 4.69) is 24.6 Å². The van der Waals surface area contributed by atoms with Crippen molar-refractivity contribution in [3.63, 3.8) is 0 Å². The number of oxazole rings is 1. The Morgan fingerprint density at radius 2 is 2.10 bits per heavy atom. The molecule has 206 valence electrons. The Bertz CT molecular complexity index is 1710. The first kappa shape index (κ1) is 26.2. The van der Waals surface area contributed by atoms with Gasteiger partial charge in [0.2, 0.25) is 0 Å². The number of aromatic nitrogens is 4. The van der Waals surface area contributed by atoms with Gasteiger partial charge in [0.15, 0.2) is 0 Å². The molecule has 3 N–H and O–H groups in total. The predicted molar refractivity (Wildman–Crippen MR) is 144 cm³/mol. The summed E-state index contributed by atoms with van der Waals surface area (Å²) in [5.41, 5.74) is 1.42. The predicted octanol–water partition coefficient (Wildman–Crippen LogP) is 2.14. The second-order valence-corrected chi connectivity index (χ2v) is 12.9. The highest BCUT2D eigenvalue weighted by molar-refractivity contribution is 7.89. The molecule has 12 nitrogen and oxygen atoms in total. The van der Waals surface area contributed by atoms with Crippen LogP contribution in [-0.2, 0) is 29.4 Å². The number of carbonyl (C=O) groups excluding carboxylic acids is 1. The molecule has 0 bridgehead atoms. The summed E-state index contributed by atoms with van der Waals surface area (Å²) < 4.78 is 38.6. The summed E-state index contributed by atoms with van der Waals surface area (Å²) >= 11 is 6.90. The number of nitrogens with one attached hydrogen (secondary N) is 3. The molecule has 1 saturated heterocycles. The van der Waals surface area contributed by atoms with E-state index in [0.29, 0.717) is 53.3 Å². The molecule has 0 aliphatic carbocycles. The van der Waals surface area contributed by atoms with Crippen molar-refractivity contribution in [2.24, 2.45) is 0 Å². The van der Waals surface area contributed by atoms with Gasteiger partial charge in [0.05, 0.1) is 12.2 Å². The maximum absolute atomic E-state index is 13.6. The Balaban J connectivity index is 1.27. The largest absolute Gasteiger partial charge is 0.436 e. The van der Waals surface area contributed by atoms with Crippen LogP contribution in [0.15, 0.2) is 38.5 Å². The molecule has 0 spiro atoms. The fourth-order valence-electron chi connectivity index (χ4n) is 5.11. The number of rotatable bonds is 6. The number of H-pyrrole nitrogens is 2. The van der Waals surface area contributed by atoms with Crippen LogP contribution in [0, 0.1) is 0 Å². The second kappa shape index (κ2) is 10.2. The number of sulfonamides is 1. The van der Waals surface area contributed by atoms with E-state index >= 15 is 0 Å². The molecule has 2 unspecified atom stereocenters. The number of halogens is 1. The number of carbonyl (C=O) groups is 1. The van der Waals surface area contributed by atoms with E-state index in [1.165, 1.54) is 4.31 Å². The zero-order chi connectivity index (χ0) is 27.3. The zero-order valence-electron chi connectivity index (χ0n) is 20.9. The highest BCUT2D eigenvalue weighted by atomic mass is 35.5. The van der Waals surface area contributed by atoms with Gasteiger partial charge in [-0.15, -0.1) is 0 Å². The first-order valence-electron chi connectivity index (χ1n) is 12.5. The van der Waals surface area contributed by atoms with E-state index in [0.717, 1.165) is 17.2 Å². The standard InChI is InChI=1S/C24H26ClN7O5S2/c1-13-8-18-19(11-26-13)37-22(28-18)23(33)32-7-6-31(12-16(32)3-5-20-29-24(34)38-30-20)39(35,36)21-10-14-9-15(25)2-4-17(14)27-21/h2,4,9-10,13,16,26-27H,3,5-8,11-12H2,1H3,(H,29,30,34). The maximum atomic E-state index is 13.6. The van der Waals surface area contributed by atoms with Crippen molar-refractivity contribution in [1.29, 1.82) is 0 Å². The molecular weight excluding hydrogens is 566 g/mol. The summed E-state index contributed by atoms with van der Waals surface area (Å²) in [5.74, 6) is 0.766. The minimum Gasteiger partial charge on any atom is -0.436 e. The van der Waals surface area contributed by atoms with Crippen LogP contribution in [0.2, 0.25) is 5.02 Å². The SMILES string of the molecule is CC1Cc2nc(C(=O)N3CCN(S(=O)(=O)c4cc5cc(Cl)ccc5[nH]4)CC3CCc3nsc(=O)[nH]3)oc2CN1. The lowest BCUT2D eigenvalue weighted by Crippen LogP contribution is -2.56. The Kier molecular flexibility index (Phi) is 6.83. The van der Waals surface area contributed by atoms with Crippen LogP contribution in [0.5, 0.6) is 0 Å². The average Bonchev–Trinajstić information content (AvgIpc) is 3.64. The molecule has 6 rings (SSSR count). The summed E-state index contributed by atoms with van der Waals surface area (Å²) in [6.45, 7) is 2.87. The van der Waals surface area contributed by atoms with E-state index in [-0.39, 0.29) is 47.4 Å². The molecule has 15 heteroatoms. The number of nitrogens with zero attached hydrogens (tertiary/aromatic N) is 4.